The molecule has 0 fully saturated rings. The zero-order valence-electron chi connectivity index (χ0n) is 9.64. The van der Waals surface area contributed by atoms with Gasteiger partial charge in [-0.1, -0.05) is 5.16 Å². The Morgan fingerprint density at radius 3 is 2.94 bits per heavy atom. The minimum absolute atomic E-state index is 0.195. The molecule has 0 aliphatic heterocycles. The summed E-state index contributed by atoms with van der Waals surface area (Å²) in [5.74, 6) is 0.243. The highest BCUT2D eigenvalue weighted by molar-refractivity contribution is 5.94. The Labute approximate surface area is 93.8 Å². The molecular weight excluding hydrogens is 212 g/mol. The number of aliphatic hydroxyl groups excluding tert-OH is 1. The third-order valence-electron chi connectivity index (χ3n) is 2.17. The third kappa shape index (κ3) is 3.04. The summed E-state index contributed by atoms with van der Waals surface area (Å²) >= 11 is 0. The average molecular weight is 228 g/mol. The number of methoxy groups -OCH3 is 1. The number of hydrogen-bond donors (Lipinski definition) is 1. The lowest BCUT2D eigenvalue weighted by molar-refractivity contribution is 0.0379. The number of aryl methyl sites for hydroxylation is 1. The molecule has 6 nitrogen and oxygen atoms in total. The van der Waals surface area contributed by atoms with E-state index in [1.165, 1.54) is 18.2 Å². The summed E-state index contributed by atoms with van der Waals surface area (Å²) in [5, 5.41) is 13.0. The molecule has 0 spiro atoms. The fourth-order valence-corrected chi connectivity index (χ4v) is 1.35. The number of rotatable bonds is 5. The summed E-state index contributed by atoms with van der Waals surface area (Å²) in [6, 6.07) is 0. The molecule has 1 aromatic rings. The summed E-state index contributed by atoms with van der Waals surface area (Å²) in [4.78, 5) is 13.2. The Morgan fingerprint density at radius 1 is 1.75 bits per heavy atom. The summed E-state index contributed by atoms with van der Waals surface area (Å²) in [6.07, 6.45) is 0.677. The molecule has 1 atom stereocenters. The average Bonchev–Trinajstić information content (AvgIpc) is 2.63. The van der Waals surface area contributed by atoms with Gasteiger partial charge in [0.15, 0.2) is 0 Å². The van der Waals surface area contributed by atoms with E-state index in [4.69, 9.17) is 9.26 Å². The fraction of sp³-hybridized carbons (Fsp3) is 0.600. The van der Waals surface area contributed by atoms with E-state index < -0.39 is 6.10 Å². The van der Waals surface area contributed by atoms with Crippen LogP contribution in [0.25, 0.3) is 0 Å². The first-order valence-corrected chi connectivity index (χ1v) is 4.90. The molecule has 0 radical (unpaired) electrons. The van der Waals surface area contributed by atoms with Crippen molar-refractivity contribution in [1.82, 2.24) is 10.1 Å². The van der Waals surface area contributed by atoms with Crippen LogP contribution >= 0.6 is 0 Å². The molecule has 1 unspecified atom stereocenters. The largest absolute Gasteiger partial charge is 0.389 e. The quantitative estimate of drug-likeness (QED) is 0.771. The van der Waals surface area contributed by atoms with E-state index in [9.17, 15) is 9.90 Å². The molecular formula is C10H16N2O4. The van der Waals surface area contributed by atoms with Gasteiger partial charge in [0.1, 0.15) is 11.3 Å². The Morgan fingerprint density at radius 2 is 2.44 bits per heavy atom. The maximum absolute atomic E-state index is 11.8. The van der Waals surface area contributed by atoms with Crippen LogP contribution in [-0.4, -0.2) is 54.5 Å². The van der Waals surface area contributed by atoms with Crippen molar-refractivity contribution in [2.75, 3.05) is 27.3 Å². The second-order valence-corrected chi connectivity index (χ2v) is 3.59. The molecule has 90 valence electrons. The van der Waals surface area contributed by atoms with Gasteiger partial charge in [0.25, 0.3) is 5.91 Å². The van der Waals surface area contributed by atoms with Crippen molar-refractivity contribution < 1.29 is 19.2 Å². The Balaban J connectivity index is 2.58. The van der Waals surface area contributed by atoms with Crippen LogP contribution in [0.15, 0.2) is 10.7 Å². The van der Waals surface area contributed by atoms with E-state index in [0.29, 0.717) is 11.3 Å². The van der Waals surface area contributed by atoms with Crippen molar-refractivity contribution in [3.8, 4) is 0 Å². The van der Waals surface area contributed by atoms with Gasteiger partial charge in [-0.3, -0.25) is 4.79 Å². The van der Waals surface area contributed by atoms with Gasteiger partial charge in [-0.2, -0.15) is 0 Å². The van der Waals surface area contributed by atoms with E-state index in [1.807, 2.05) is 0 Å². The molecule has 0 saturated carbocycles. The molecule has 1 heterocycles. The number of likely N-dealkylation sites (N-methyl/N-ethyl adjacent to an activating group) is 1. The highest BCUT2D eigenvalue weighted by Crippen LogP contribution is 2.09. The van der Waals surface area contributed by atoms with Gasteiger partial charge in [-0.25, -0.2) is 0 Å². The van der Waals surface area contributed by atoms with Crippen LogP contribution in [0.2, 0.25) is 0 Å². The second-order valence-electron chi connectivity index (χ2n) is 3.59. The number of aliphatic hydroxyl groups is 1. The minimum Gasteiger partial charge on any atom is -0.389 e. The van der Waals surface area contributed by atoms with Crippen LogP contribution in [0, 0.1) is 6.92 Å². The summed E-state index contributed by atoms with van der Waals surface area (Å²) in [5.41, 5.74) is 0.409. The minimum atomic E-state index is -0.695. The van der Waals surface area contributed by atoms with Crippen LogP contribution in [0.5, 0.6) is 0 Å². The van der Waals surface area contributed by atoms with Gasteiger partial charge in [0, 0.05) is 20.7 Å². The van der Waals surface area contributed by atoms with E-state index >= 15 is 0 Å². The monoisotopic (exact) mass is 228 g/mol. The smallest absolute Gasteiger partial charge is 0.258 e. The molecule has 1 N–H and O–H groups in total. The van der Waals surface area contributed by atoms with Crippen LogP contribution < -0.4 is 0 Å². The number of carbonyl (C=O) groups excluding carboxylic acids is 1. The molecule has 0 saturated heterocycles. The lowest BCUT2D eigenvalue weighted by Crippen LogP contribution is -2.36. The van der Waals surface area contributed by atoms with Crippen LogP contribution in [0.3, 0.4) is 0 Å². The number of hydrogen-bond acceptors (Lipinski definition) is 5. The van der Waals surface area contributed by atoms with Crippen molar-refractivity contribution in [2.24, 2.45) is 0 Å². The van der Waals surface area contributed by atoms with Gasteiger partial charge in [-0.15, -0.1) is 0 Å². The zero-order chi connectivity index (χ0) is 12.1. The van der Waals surface area contributed by atoms with Crippen molar-refractivity contribution in [2.45, 2.75) is 13.0 Å². The van der Waals surface area contributed by atoms with Crippen LogP contribution in [0.4, 0.5) is 0 Å². The van der Waals surface area contributed by atoms with E-state index in [1.54, 1.807) is 14.0 Å². The van der Waals surface area contributed by atoms with Gasteiger partial charge in [0.05, 0.1) is 18.9 Å². The maximum Gasteiger partial charge on any atom is 0.258 e. The summed E-state index contributed by atoms with van der Waals surface area (Å²) < 4.78 is 9.58. The van der Waals surface area contributed by atoms with Crippen LogP contribution in [-0.2, 0) is 4.74 Å². The molecule has 6 heteroatoms. The lowest BCUT2D eigenvalue weighted by Gasteiger charge is -2.19. The first-order chi connectivity index (χ1) is 7.56. The summed E-state index contributed by atoms with van der Waals surface area (Å²) in [6.45, 7) is 2.07. The Hall–Kier alpha value is -1.40. The molecule has 0 aromatic carbocycles. The molecule has 16 heavy (non-hydrogen) atoms. The first-order valence-electron chi connectivity index (χ1n) is 4.90. The normalized spacial score (nSPS) is 12.5. The van der Waals surface area contributed by atoms with E-state index in [0.717, 1.165) is 0 Å². The fourth-order valence-electron chi connectivity index (χ4n) is 1.35. The van der Waals surface area contributed by atoms with Crippen molar-refractivity contribution in [1.29, 1.82) is 0 Å². The topological polar surface area (TPSA) is 75.8 Å². The number of aromatic nitrogens is 1. The van der Waals surface area contributed by atoms with Gasteiger partial charge >= 0.3 is 0 Å². The zero-order valence-corrected chi connectivity index (χ0v) is 9.64. The highest BCUT2D eigenvalue weighted by atomic mass is 16.5. The molecule has 0 aliphatic carbocycles. The standard InChI is InChI=1S/C10H16N2O4/c1-7-9(4-11-16-7)10(14)12(2)5-8(13)6-15-3/h4,8,13H,5-6H2,1-3H3. The molecule has 1 aromatic heterocycles. The van der Waals surface area contributed by atoms with Crippen LogP contribution in [0.1, 0.15) is 16.1 Å². The molecule has 0 aliphatic rings. The second kappa shape index (κ2) is 5.62. The maximum atomic E-state index is 11.8. The van der Waals surface area contributed by atoms with Gasteiger partial charge in [-0.05, 0) is 6.92 Å². The highest BCUT2D eigenvalue weighted by Gasteiger charge is 2.19. The Bertz CT molecular complexity index is 350. The first kappa shape index (κ1) is 12.7. The van der Waals surface area contributed by atoms with Crippen molar-refractivity contribution in [3.63, 3.8) is 0 Å². The number of carbonyl (C=O) groups is 1. The SMILES string of the molecule is COCC(O)CN(C)C(=O)c1cnoc1C. The third-order valence-corrected chi connectivity index (χ3v) is 2.17. The summed E-state index contributed by atoms with van der Waals surface area (Å²) in [7, 11) is 3.10. The van der Waals surface area contributed by atoms with Crippen molar-refractivity contribution >= 4 is 5.91 Å². The van der Waals surface area contributed by atoms with E-state index in [-0.39, 0.29) is 19.1 Å². The van der Waals surface area contributed by atoms with Gasteiger partial charge in [0.2, 0.25) is 0 Å². The number of amides is 1. The predicted molar refractivity (Wildman–Crippen MR) is 56.1 cm³/mol. The van der Waals surface area contributed by atoms with Crippen molar-refractivity contribution in [3.05, 3.63) is 17.5 Å². The number of nitrogens with zero attached hydrogens (tertiary/aromatic N) is 2. The van der Waals surface area contributed by atoms with E-state index in [2.05, 4.69) is 5.16 Å². The molecule has 1 rings (SSSR count). The molecule has 0 bridgehead atoms. The Kier molecular flexibility index (Phi) is 4.45. The molecule has 1 amide bonds. The van der Waals surface area contributed by atoms with Gasteiger partial charge < -0.3 is 19.3 Å². The number of ether oxygens (including phenoxy) is 1. The lowest BCUT2D eigenvalue weighted by atomic mass is 10.2. The predicted octanol–water partition coefficient (Wildman–Crippen LogP) is 0.0623.